The molecule has 0 aromatic rings. The zero-order valence-corrected chi connectivity index (χ0v) is 7.05. The van der Waals surface area contributed by atoms with E-state index in [1.165, 1.54) is 45.7 Å². The molecule has 2 bridgehead atoms. The van der Waals surface area contributed by atoms with Crippen molar-refractivity contribution in [1.82, 2.24) is 15.1 Å². The summed E-state index contributed by atoms with van der Waals surface area (Å²) in [4.78, 5) is 5.05. The molecular formula is C8H17N3. The molecule has 11 heavy (non-hydrogen) atoms. The third-order valence-electron chi connectivity index (χ3n) is 2.51. The maximum absolute atomic E-state index is 3.44. The minimum atomic E-state index is 1.09. The van der Waals surface area contributed by atoms with Crippen molar-refractivity contribution in [2.75, 3.05) is 39.5 Å². The van der Waals surface area contributed by atoms with Gasteiger partial charge >= 0.3 is 0 Å². The summed E-state index contributed by atoms with van der Waals surface area (Å²) in [5.41, 5.74) is 0. The van der Waals surface area contributed by atoms with E-state index in [0.29, 0.717) is 0 Å². The van der Waals surface area contributed by atoms with Crippen molar-refractivity contribution in [3.63, 3.8) is 0 Å². The van der Waals surface area contributed by atoms with E-state index in [1.807, 2.05) is 0 Å². The summed E-state index contributed by atoms with van der Waals surface area (Å²) in [6.07, 6.45) is 2.66. The Labute approximate surface area is 68.4 Å². The van der Waals surface area contributed by atoms with Gasteiger partial charge in [0.05, 0.1) is 6.67 Å². The van der Waals surface area contributed by atoms with Crippen molar-refractivity contribution in [2.24, 2.45) is 0 Å². The average Bonchev–Trinajstić information content (AvgIpc) is 2.02. The molecule has 64 valence electrons. The number of fused-ring (bicyclic) bond motifs is 2. The molecule has 0 aromatic heterocycles. The van der Waals surface area contributed by atoms with Crippen LogP contribution in [0.2, 0.25) is 0 Å². The Morgan fingerprint density at radius 2 is 1.73 bits per heavy atom. The van der Waals surface area contributed by atoms with Crippen molar-refractivity contribution in [2.45, 2.75) is 12.8 Å². The van der Waals surface area contributed by atoms with Crippen LogP contribution in [-0.2, 0) is 0 Å². The van der Waals surface area contributed by atoms with Crippen LogP contribution in [0.4, 0.5) is 0 Å². The fraction of sp³-hybridized carbons (Fsp3) is 1.00. The predicted octanol–water partition coefficient (Wildman–Crippen LogP) is -0.0976. The SMILES string of the molecule is C1CNCN2CCCN(C1)C2. The van der Waals surface area contributed by atoms with Crippen LogP contribution in [0.5, 0.6) is 0 Å². The Balaban J connectivity index is 1.90. The smallest absolute Gasteiger partial charge is 0.0518 e. The number of nitrogens with zero attached hydrogens (tertiary/aromatic N) is 2. The largest absolute Gasteiger partial charge is 0.304 e. The third-order valence-corrected chi connectivity index (χ3v) is 2.51. The van der Waals surface area contributed by atoms with Gasteiger partial charge in [-0.1, -0.05) is 0 Å². The number of hydrogen-bond donors (Lipinski definition) is 1. The minimum Gasteiger partial charge on any atom is -0.304 e. The minimum absolute atomic E-state index is 1.09. The number of nitrogens with one attached hydrogen (secondary N) is 1. The van der Waals surface area contributed by atoms with Gasteiger partial charge in [0.2, 0.25) is 0 Å². The highest BCUT2D eigenvalue weighted by Gasteiger charge is 2.17. The molecule has 0 aromatic carbocycles. The van der Waals surface area contributed by atoms with Gasteiger partial charge in [0.1, 0.15) is 0 Å². The first-order chi connectivity index (χ1) is 5.45. The first kappa shape index (κ1) is 7.53. The number of hydrogen-bond acceptors (Lipinski definition) is 3. The van der Waals surface area contributed by atoms with Crippen LogP contribution >= 0.6 is 0 Å². The van der Waals surface area contributed by atoms with Crippen molar-refractivity contribution in [3.8, 4) is 0 Å². The average molecular weight is 155 g/mol. The quantitative estimate of drug-likeness (QED) is 0.527. The van der Waals surface area contributed by atoms with Crippen molar-refractivity contribution >= 4 is 0 Å². The maximum atomic E-state index is 3.44. The first-order valence-electron chi connectivity index (χ1n) is 4.60. The summed E-state index contributed by atoms with van der Waals surface area (Å²) in [5, 5.41) is 3.44. The van der Waals surface area contributed by atoms with Gasteiger partial charge in [-0.3, -0.25) is 9.80 Å². The van der Waals surface area contributed by atoms with Crippen LogP contribution < -0.4 is 5.32 Å². The molecule has 2 heterocycles. The van der Waals surface area contributed by atoms with E-state index in [-0.39, 0.29) is 0 Å². The molecule has 2 rings (SSSR count). The van der Waals surface area contributed by atoms with Gasteiger partial charge in [-0.15, -0.1) is 0 Å². The molecule has 0 spiro atoms. The Morgan fingerprint density at radius 1 is 0.909 bits per heavy atom. The molecule has 0 aliphatic carbocycles. The summed E-state index contributed by atoms with van der Waals surface area (Å²) >= 11 is 0. The lowest BCUT2D eigenvalue weighted by Gasteiger charge is -2.37. The van der Waals surface area contributed by atoms with Crippen molar-refractivity contribution < 1.29 is 0 Å². The Kier molecular flexibility index (Phi) is 2.41. The predicted molar refractivity (Wildman–Crippen MR) is 45.2 cm³/mol. The van der Waals surface area contributed by atoms with Gasteiger partial charge in [0, 0.05) is 26.3 Å². The lowest BCUT2D eigenvalue weighted by atomic mass is 10.2. The molecule has 2 aliphatic rings. The van der Waals surface area contributed by atoms with Gasteiger partial charge in [0.15, 0.2) is 0 Å². The van der Waals surface area contributed by atoms with Gasteiger partial charge in [-0.05, 0) is 19.4 Å². The standard InChI is InChI=1S/C8H17N3/c1-3-9-7-11-6-2-5-10(4-1)8-11/h9H,1-8H2. The molecule has 3 nitrogen and oxygen atoms in total. The van der Waals surface area contributed by atoms with E-state index in [4.69, 9.17) is 0 Å². The highest BCUT2D eigenvalue weighted by molar-refractivity contribution is 4.70. The zero-order valence-electron chi connectivity index (χ0n) is 7.05. The van der Waals surface area contributed by atoms with Crippen molar-refractivity contribution in [3.05, 3.63) is 0 Å². The van der Waals surface area contributed by atoms with Gasteiger partial charge < -0.3 is 5.32 Å². The zero-order chi connectivity index (χ0) is 7.52. The van der Waals surface area contributed by atoms with E-state index in [0.717, 1.165) is 6.67 Å². The first-order valence-corrected chi connectivity index (χ1v) is 4.60. The van der Waals surface area contributed by atoms with Crippen LogP contribution in [-0.4, -0.2) is 49.3 Å². The second-order valence-corrected chi connectivity index (χ2v) is 3.52. The molecule has 0 radical (unpaired) electrons. The van der Waals surface area contributed by atoms with Gasteiger partial charge in [-0.25, -0.2) is 0 Å². The fourth-order valence-corrected chi connectivity index (χ4v) is 1.92. The highest BCUT2D eigenvalue weighted by atomic mass is 15.4. The maximum Gasteiger partial charge on any atom is 0.0518 e. The number of rotatable bonds is 0. The lowest BCUT2D eigenvalue weighted by Crippen LogP contribution is -2.50. The Bertz CT molecular complexity index is 115. The van der Waals surface area contributed by atoms with Crippen molar-refractivity contribution in [1.29, 1.82) is 0 Å². The van der Waals surface area contributed by atoms with Crippen LogP contribution in [0.15, 0.2) is 0 Å². The highest BCUT2D eigenvalue weighted by Crippen LogP contribution is 2.06. The fourth-order valence-electron chi connectivity index (χ4n) is 1.92. The third kappa shape index (κ3) is 1.92. The summed E-state index contributed by atoms with van der Waals surface area (Å²) in [5.74, 6) is 0. The van der Waals surface area contributed by atoms with Crippen LogP contribution in [0, 0.1) is 0 Å². The van der Waals surface area contributed by atoms with E-state index >= 15 is 0 Å². The molecule has 1 N–H and O–H groups in total. The monoisotopic (exact) mass is 155 g/mol. The van der Waals surface area contributed by atoms with E-state index in [2.05, 4.69) is 15.1 Å². The normalized spacial score (nSPS) is 39.3. The molecule has 2 saturated heterocycles. The van der Waals surface area contributed by atoms with Crippen LogP contribution in [0.3, 0.4) is 0 Å². The molecular weight excluding hydrogens is 138 g/mol. The summed E-state index contributed by atoms with van der Waals surface area (Å²) < 4.78 is 0. The topological polar surface area (TPSA) is 18.5 Å². The molecule has 3 heteroatoms. The summed E-state index contributed by atoms with van der Waals surface area (Å²) in [7, 11) is 0. The molecule has 0 saturated carbocycles. The van der Waals surface area contributed by atoms with E-state index < -0.39 is 0 Å². The molecule has 2 atom stereocenters. The Hall–Kier alpha value is -0.120. The van der Waals surface area contributed by atoms with Crippen LogP contribution in [0.25, 0.3) is 0 Å². The summed E-state index contributed by atoms with van der Waals surface area (Å²) in [6.45, 7) is 7.35. The second-order valence-electron chi connectivity index (χ2n) is 3.52. The Morgan fingerprint density at radius 3 is 2.73 bits per heavy atom. The lowest BCUT2D eigenvalue weighted by molar-refractivity contribution is 0.0668. The second kappa shape index (κ2) is 3.52. The molecule has 2 aliphatic heterocycles. The van der Waals surface area contributed by atoms with E-state index in [9.17, 15) is 0 Å². The van der Waals surface area contributed by atoms with Crippen LogP contribution in [0.1, 0.15) is 12.8 Å². The molecule has 0 amide bonds. The van der Waals surface area contributed by atoms with Gasteiger partial charge in [0.25, 0.3) is 0 Å². The van der Waals surface area contributed by atoms with Gasteiger partial charge in [-0.2, -0.15) is 0 Å². The molecule has 2 unspecified atom stereocenters. The summed E-state index contributed by atoms with van der Waals surface area (Å²) in [6, 6.07) is 0. The van der Waals surface area contributed by atoms with E-state index in [1.54, 1.807) is 0 Å². The molecule has 2 fully saturated rings.